The lowest BCUT2D eigenvalue weighted by atomic mass is 9.85. The summed E-state index contributed by atoms with van der Waals surface area (Å²) in [6.07, 6.45) is 0. The van der Waals surface area contributed by atoms with E-state index in [2.05, 4.69) is 12.1 Å². The van der Waals surface area contributed by atoms with Crippen LogP contribution < -0.4 is 10.5 Å². The van der Waals surface area contributed by atoms with Crippen LogP contribution in [0.3, 0.4) is 0 Å². The van der Waals surface area contributed by atoms with Gasteiger partial charge < -0.3 is 15.2 Å². The molecule has 1 atom stereocenters. The molecule has 3 nitrogen and oxygen atoms in total. The van der Waals surface area contributed by atoms with Gasteiger partial charge in [-0.3, -0.25) is 0 Å². The number of hydrogen-bond acceptors (Lipinski definition) is 3. The van der Waals surface area contributed by atoms with Gasteiger partial charge in [0.2, 0.25) is 0 Å². The molecule has 0 bridgehead atoms. The maximum atomic E-state index is 5.81. The predicted octanol–water partition coefficient (Wildman–Crippen LogP) is 1.38. The minimum Gasteiger partial charge on any atom is -0.497 e. The Kier molecular flexibility index (Phi) is 3.23. The van der Waals surface area contributed by atoms with Crippen molar-refractivity contribution in [3.05, 3.63) is 29.8 Å². The van der Waals surface area contributed by atoms with E-state index in [1.165, 1.54) is 5.56 Å². The first-order valence-electron chi connectivity index (χ1n) is 5.27. The van der Waals surface area contributed by atoms with Crippen LogP contribution in [0.25, 0.3) is 0 Å². The number of nitrogens with two attached hydrogens (primary N) is 1. The second-order valence-electron chi connectivity index (χ2n) is 3.92. The molecule has 1 heterocycles. The molecule has 15 heavy (non-hydrogen) atoms. The summed E-state index contributed by atoms with van der Waals surface area (Å²) >= 11 is 0. The molecule has 1 fully saturated rings. The fourth-order valence-corrected chi connectivity index (χ4v) is 1.96. The van der Waals surface area contributed by atoms with Crippen LogP contribution in [0, 0.1) is 5.92 Å². The van der Waals surface area contributed by atoms with E-state index in [0.717, 1.165) is 19.0 Å². The van der Waals surface area contributed by atoms with Gasteiger partial charge in [0.05, 0.1) is 20.3 Å². The first-order chi connectivity index (χ1) is 7.35. The molecule has 0 amide bonds. The van der Waals surface area contributed by atoms with Crippen LogP contribution in [-0.2, 0) is 4.74 Å². The summed E-state index contributed by atoms with van der Waals surface area (Å²) in [5, 5.41) is 0. The zero-order valence-corrected chi connectivity index (χ0v) is 8.98. The Morgan fingerprint density at radius 2 is 2.33 bits per heavy atom. The maximum Gasteiger partial charge on any atom is 0.119 e. The Morgan fingerprint density at radius 3 is 2.87 bits per heavy atom. The molecule has 1 aliphatic heterocycles. The standard InChI is InChI=1S/C12H17NO2/c1-14-11-4-2-3-9(5-11)12(6-13)10-7-15-8-10/h2-5,10,12H,6-8,13H2,1H3. The molecule has 2 N–H and O–H groups in total. The zero-order chi connectivity index (χ0) is 10.7. The molecule has 0 radical (unpaired) electrons. The average Bonchev–Trinajstić information content (AvgIpc) is 2.23. The molecule has 1 aliphatic rings. The van der Waals surface area contributed by atoms with Gasteiger partial charge in [-0.1, -0.05) is 12.1 Å². The van der Waals surface area contributed by atoms with Gasteiger partial charge in [-0.25, -0.2) is 0 Å². The Labute approximate surface area is 90.2 Å². The summed E-state index contributed by atoms with van der Waals surface area (Å²) in [4.78, 5) is 0. The third-order valence-corrected chi connectivity index (χ3v) is 3.01. The fraction of sp³-hybridized carbons (Fsp3) is 0.500. The molecular weight excluding hydrogens is 190 g/mol. The molecular formula is C12H17NO2. The van der Waals surface area contributed by atoms with Gasteiger partial charge in [-0.15, -0.1) is 0 Å². The Balaban J connectivity index is 2.17. The number of hydrogen-bond donors (Lipinski definition) is 1. The average molecular weight is 207 g/mol. The number of benzene rings is 1. The minimum atomic E-state index is 0.397. The molecule has 0 saturated carbocycles. The maximum absolute atomic E-state index is 5.81. The first-order valence-corrected chi connectivity index (χ1v) is 5.27. The molecule has 2 rings (SSSR count). The zero-order valence-electron chi connectivity index (χ0n) is 8.98. The SMILES string of the molecule is COc1cccc(C(CN)C2COC2)c1. The van der Waals surface area contributed by atoms with Crippen molar-refractivity contribution in [1.29, 1.82) is 0 Å². The highest BCUT2D eigenvalue weighted by Crippen LogP contribution is 2.30. The monoisotopic (exact) mass is 207 g/mol. The minimum absolute atomic E-state index is 0.397. The fourth-order valence-electron chi connectivity index (χ4n) is 1.96. The van der Waals surface area contributed by atoms with Gasteiger partial charge in [-0.05, 0) is 24.2 Å². The van der Waals surface area contributed by atoms with Gasteiger partial charge in [0.25, 0.3) is 0 Å². The van der Waals surface area contributed by atoms with Crippen LogP contribution in [0.2, 0.25) is 0 Å². The quantitative estimate of drug-likeness (QED) is 0.811. The van der Waals surface area contributed by atoms with E-state index in [9.17, 15) is 0 Å². The van der Waals surface area contributed by atoms with Crippen molar-refractivity contribution in [2.75, 3.05) is 26.9 Å². The number of ether oxygens (including phenoxy) is 2. The lowest BCUT2D eigenvalue weighted by molar-refractivity contribution is -0.0437. The summed E-state index contributed by atoms with van der Waals surface area (Å²) in [6.45, 7) is 2.33. The van der Waals surface area contributed by atoms with Crippen LogP contribution in [0.4, 0.5) is 0 Å². The molecule has 1 aromatic carbocycles. The molecule has 1 aromatic rings. The van der Waals surface area contributed by atoms with E-state index in [1.807, 2.05) is 12.1 Å². The summed E-state index contributed by atoms with van der Waals surface area (Å²) in [7, 11) is 1.68. The van der Waals surface area contributed by atoms with Crippen molar-refractivity contribution in [1.82, 2.24) is 0 Å². The topological polar surface area (TPSA) is 44.5 Å². The molecule has 0 spiro atoms. The molecule has 3 heteroatoms. The Morgan fingerprint density at radius 1 is 1.53 bits per heavy atom. The lowest BCUT2D eigenvalue weighted by Crippen LogP contribution is -2.36. The number of methoxy groups -OCH3 is 1. The van der Waals surface area contributed by atoms with Gasteiger partial charge in [-0.2, -0.15) is 0 Å². The normalized spacial score (nSPS) is 18.3. The molecule has 0 aliphatic carbocycles. The van der Waals surface area contributed by atoms with E-state index >= 15 is 0 Å². The molecule has 1 unspecified atom stereocenters. The van der Waals surface area contributed by atoms with Crippen LogP contribution in [0.5, 0.6) is 5.75 Å². The van der Waals surface area contributed by atoms with E-state index < -0.39 is 0 Å². The summed E-state index contributed by atoms with van der Waals surface area (Å²) in [5.41, 5.74) is 7.07. The predicted molar refractivity (Wildman–Crippen MR) is 59.1 cm³/mol. The highest BCUT2D eigenvalue weighted by atomic mass is 16.5. The van der Waals surface area contributed by atoms with E-state index in [0.29, 0.717) is 18.4 Å². The van der Waals surface area contributed by atoms with Crippen molar-refractivity contribution < 1.29 is 9.47 Å². The summed E-state index contributed by atoms with van der Waals surface area (Å²) in [5.74, 6) is 1.86. The van der Waals surface area contributed by atoms with E-state index in [-0.39, 0.29) is 0 Å². The Hall–Kier alpha value is -1.06. The summed E-state index contributed by atoms with van der Waals surface area (Å²) in [6, 6.07) is 8.14. The van der Waals surface area contributed by atoms with Crippen molar-refractivity contribution in [2.45, 2.75) is 5.92 Å². The molecule has 82 valence electrons. The largest absolute Gasteiger partial charge is 0.497 e. The third kappa shape index (κ3) is 2.13. The first kappa shape index (κ1) is 10.5. The van der Waals surface area contributed by atoms with E-state index in [4.69, 9.17) is 15.2 Å². The van der Waals surface area contributed by atoms with E-state index in [1.54, 1.807) is 7.11 Å². The van der Waals surface area contributed by atoms with Crippen LogP contribution in [-0.4, -0.2) is 26.9 Å². The van der Waals surface area contributed by atoms with Gasteiger partial charge in [0, 0.05) is 11.8 Å². The third-order valence-electron chi connectivity index (χ3n) is 3.01. The Bertz CT molecular complexity index is 323. The van der Waals surface area contributed by atoms with Crippen molar-refractivity contribution in [3.63, 3.8) is 0 Å². The molecule has 1 saturated heterocycles. The van der Waals surface area contributed by atoms with Crippen LogP contribution >= 0.6 is 0 Å². The highest BCUT2D eigenvalue weighted by molar-refractivity contribution is 5.31. The second-order valence-corrected chi connectivity index (χ2v) is 3.92. The van der Waals surface area contributed by atoms with Crippen molar-refractivity contribution >= 4 is 0 Å². The van der Waals surface area contributed by atoms with Gasteiger partial charge in [0.1, 0.15) is 5.75 Å². The van der Waals surface area contributed by atoms with Crippen molar-refractivity contribution in [3.8, 4) is 5.75 Å². The van der Waals surface area contributed by atoms with Crippen molar-refractivity contribution in [2.24, 2.45) is 11.7 Å². The highest BCUT2D eigenvalue weighted by Gasteiger charge is 2.28. The van der Waals surface area contributed by atoms with Crippen LogP contribution in [0.1, 0.15) is 11.5 Å². The smallest absolute Gasteiger partial charge is 0.119 e. The molecule has 0 aromatic heterocycles. The lowest BCUT2D eigenvalue weighted by Gasteiger charge is -2.33. The van der Waals surface area contributed by atoms with Crippen LogP contribution in [0.15, 0.2) is 24.3 Å². The second kappa shape index (κ2) is 4.64. The van der Waals surface area contributed by atoms with Gasteiger partial charge >= 0.3 is 0 Å². The summed E-state index contributed by atoms with van der Waals surface area (Å²) < 4.78 is 10.4. The number of rotatable bonds is 4. The van der Waals surface area contributed by atoms with Gasteiger partial charge in [0.15, 0.2) is 0 Å².